The van der Waals surface area contributed by atoms with E-state index in [0.29, 0.717) is 17.7 Å². The summed E-state index contributed by atoms with van der Waals surface area (Å²) in [7, 11) is 0. The van der Waals surface area contributed by atoms with Crippen LogP contribution < -0.4 is 5.32 Å². The van der Waals surface area contributed by atoms with Gasteiger partial charge in [-0.1, -0.05) is 18.2 Å². The maximum atomic E-state index is 5.56. The topological polar surface area (TPSA) is 21.3 Å². The third-order valence-electron chi connectivity index (χ3n) is 1.73. The number of hydrogen-bond donors (Lipinski definition) is 1. The zero-order valence-corrected chi connectivity index (χ0v) is 7.36. The molecule has 1 aliphatic heterocycles. The van der Waals surface area contributed by atoms with Crippen LogP contribution in [0.4, 0.5) is 0 Å². The van der Waals surface area contributed by atoms with Crippen LogP contribution in [-0.4, -0.2) is 25.8 Å². The van der Waals surface area contributed by atoms with Crippen LogP contribution in [0.2, 0.25) is 0 Å². The van der Waals surface area contributed by atoms with Crippen molar-refractivity contribution in [3.8, 4) is 0 Å². The molecule has 0 spiro atoms. The van der Waals surface area contributed by atoms with Crippen LogP contribution in [-0.2, 0) is 4.74 Å². The maximum absolute atomic E-state index is 5.56. The molecule has 0 aromatic carbocycles. The fourth-order valence-electron chi connectivity index (χ4n) is 1.17. The molecule has 1 unspecified atom stereocenters. The van der Waals surface area contributed by atoms with Gasteiger partial charge < -0.3 is 10.1 Å². The van der Waals surface area contributed by atoms with Gasteiger partial charge in [0.1, 0.15) is 0 Å². The number of rotatable bonds is 3. The fraction of sp³-hybridized carbons (Fsp3) is 0.750. The SMILES string of the molecule is C=C(Cl)COC1CCCNC1. The third kappa shape index (κ3) is 3.75. The Morgan fingerprint density at radius 3 is 3.09 bits per heavy atom. The van der Waals surface area contributed by atoms with E-state index < -0.39 is 0 Å². The molecule has 0 aromatic rings. The van der Waals surface area contributed by atoms with E-state index in [4.69, 9.17) is 16.3 Å². The number of piperidine rings is 1. The lowest BCUT2D eigenvalue weighted by Crippen LogP contribution is -2.35. The molecule has 0 aliphatic carbocycles. The summed E-state index contributed by atoms with van der Waals surface area (Å²) in [4.78, 5) is 0. The molecule has 1 aliphatic rings. The van der Waals surface area contributed by atoms with Gasteiger partial charge in [0, 0.05) is 11.6 Å². The second kappa shape index (κ2) is 4.75. The molecule has 0 saturated carbocycles. The molecule has 2 nitrogen and oxygen atoms in total. The molecule has 3 heteroatoms. The highest BCUT2D eigenvalue weighted by molar-refractivity contribution is 6.29. The molecule has 0 bridgehead atoms. The van der Waals surface area contributed by atoms with Gasteiger partial charge >= 0.3 is 0 Å². The van der Waals surface area contributed by atoms with Crippen molar-refractivity contribution in [3.05, 3.63) is 11.6 Å². The molecule has 1 atom stereocenters. The van der Waals surface area contributed by atoms with Crippen molar-refractivity contribution in [1.82, 2.24) is 5.32 Å². The highest BCUT2D eigenvalue weighted by Gasteiger charge is 2.12. The highest BCUT2D eigenvalue weighted by Crippen LogP contribution is 2.08. The molecule has 1 N–H and O–H groups in total. The summed E-state index contributed by atoms with van der Waals surface area (Å²) in [5, 5.41) is 3.84. The molecule has 1 saturated heterocycles. The van der Waals surface area contributed by atoms with Gasteiger partial charge in [-0.15, -0.1) is 0 Å². The van der Waals surface area contributed by atoms with Crippen LogP contribution in [0.25, 0.3) is 0 Å². The first-order chi connectivity index (χ1) is 5.29. The first-order valence-corrected chi connectivity index (χ1v) is 4.32. The monoisotopic (exact) mass is 175 g/mol. The summed E-state index contributed by atoms with van der Waals surface area (Å²) >= 11 is 5.56. The first kappa shape index (κ1) is 9.04. The molecule has 64 valence electrons. The van der Waals surface area contributed by atoms with Crippen LogP contribution in [0, 0.1) is 0 Å². The normalized spacial score (nSPS) is 25.0. The number of ether oxygens (including phenoxy) is 1. The third-order valence-corrected chi connectivity index (χ3v) is 1.84. The van der Waals surface area contributed by atoms with Crippen molar-refractivity contribution in [1.29, 1.82) is 0 Å². The predicted octanol–water partition coefficient (Wildman–Crippen LogP) is 1.51. The zero-order chi connectivity index (χ0) is 8.10. The summed E-state index contributed by atoms with van der Waals surface area (Å²) < 4.78 is 5.45. The minimum absolute atomic E-state index is 0.333. The Morgan fingerprint density at radius 2 is 2.55 bits per heavy atom. The Kier molecular flexibility index (Phi) is 3.91. The molecule has 0 radical (unpaired) electrons. The summed E-state index contributed by atoms with van der Waals surface area (Å²) in [6.45, 7) is 6.10. The summed E-state index contributed by atoms with van der Waals surface area (Å²) in [6.07, 6.45) is 2.66. The van der Waals surface area contributed by atoms with Crippen LogP contribution in [0.5, 0.6) is 0 Å². The van der Waals surface area contributed by atoms with E-state index in [1.54, 1.807) is 0 Å². The lowest BCUT2D eigenvalue weighted by molar-refractivity contribution is 0.0544. The molecular formula is C8H14ClNO. The molecule has 1 heterocycles. The quantitative estimate of drug-likeness (QED) is 0.702. The van der Waals surface area contributed by atoms with Gasteiger partial charge in [-0.25, -0.2) is 0 Å². The minimum atomic E-state index is 0.333. The van der Waals surface area contributed by atoms with Gasteiger partial charge in [-0.05, 0) is 19.4 Å². The van der Waals surface area contributed by atoms with Gasteiger partial charge in [0.25, 0.3) is 0 Å². The van der Waals surface area contributed by atoms with E-state index in [1.165, 1.54) is 6.42 Å². The molecule has 0 amide bonds. The van der Waals surface area contributed by atoms with Crippen molar-refractivity contribution < 1.29 is 4.74 Å². The lowest BCUT2D eigenvalue weighted by atomic mass is 10.1. The molecular weight excluding hydrogens is 162 g/mol. The smallest absolute Gasteiger partial charge is 0.0821 e. The Morgan fingerprint density at radius 1 is 1.73 bits per heavy atom. The van der Waals surface area contributed by atoms with Crippen LogP contribution in [0.3, 0.4) is 0 Å². The average Bonchev–Trinajstić information content (AvgIpc) is 2.03. The lowest BCUT2D eigenvalue weighted by Gasteiger charge is -2.22. The summed E-state index contributed by atoms with van der Waals surface area (Å²) in [5.41, 5.74) is 0. The van der Waals surface area contributed by atoms with Crippen LogP contribution >= 0.6 is 11.6 Å². The largest absolute Gasteiger partial charge is 0.371 e. The Balaban J connectivity index is 2.09. The highest BCUT2D eigenvalue weighted by atomic mass is 35.5. The van der Waals surface area contributed by atoms with E-state index in [1.807, 2.05) is 0 Å². The van der Waals surface area contributed by atoms with Crippen LogP contribution in [0.1, 0.15) is 12.8 Å². The zero-order valence-electron chi connectivity index (χ0n) is 6.61. The Hall–Kier alpha value is -0.0500. The van der Waals surface area contributed by atoms with E-state index in [2.05, 4.69) is 11.9 Å². The Bertz CT molecular complexity index is 132. The number of halogens is 1. The first-order valence-electron chi connectivity index (χ1n) is 3.94. The Labute approximate surface area is 72.6 Å². The molecule has 1 rings (SSSR count). The molecule has 0 aromatic heterocycles. The maximum Gasteiger partial charge on any atom is 0.0821 e. The van der Waals surface area contributed by atoms with Crippen molar-refractivity contribution in [2.24, 2.45) is 0 Å². The molecule has 1 fully saturated rings. The van der Waals surface area contributed by atoms with E-state index in [-0.39, 0.29) is 0 Å². The van der Waals surface area contributed by atoms with Gasteiger partial charge in [-0.2, -0.15) is 0 Å². The van der Waals surface area contributed by atoms with Crippen molar-refractivity contribution in [2.45, 2.75) is 18.9 Å². The fourth-order valence-corrected chi connectivity index (χ4v) is 1.23. The van der Waals surface area contributed by atoms with Crippen molar-refractivity contribution >= 4 is 11.6 Å². The summed E-state index contributed by atoms with van der Waals surface area (Å²) in [5.74, 6) is 0. The van der Waals surface area contributed by atoms with E-state index in [9.17, 15) is 0 Å². The van der Waals surface area contributed by atoms with E-state index in [0.717, 1.165) is 19.5 Å². The van der Waals surface area contributed by atoms with Crippen molar-refractivity contribution in [2.75, 3.05) is 19.7 Å². The van der Waals surface area contributed by atoms with Gasteiger partial charge in [-0.3, -0.25) is 0 Å². The van der Waals surface area contributed by atoms with Crippen LogP contribution in [0.15, 0.2) is 11.6 Å². The number of hydrogen-bond acceptors (Lipinski definition) is 2. The average molecular weight is 176 g/mol. The van der Waals surface area contributed by atoms with Gasteiger partial charge in [0.15, 0.2) is 0 Å². The van der Waals surface area contributed by atoms with Gasteiger partial charge in [0.05, 0.1) is 12.7 Å². The molecule has 11 heavy (non-hydrogen) atoms. The standard InChI is InChI=1S/C8H14ClNO/c1-7(9)6-11-8-3-2-4-10-5-8/h8,10H,1-6H2. The predicted molar refractivity (Wildman–Crippen MR) is 46.8 cm³/mol. The second-order valence-electron chi connectivity index (χ2n) is 2.80. The summed E-state index contributed by atoms with van der Waals surface area (Å²) in [6, 6.07) is 0. The second-order valence-corrected chi connectivity index (χ2v) is 3.33. The van der Waals surface area contributed by atoms with E-state index >= 15 is 0 Å². The minimum Gasteiger partial charge on any atom is -0.371 e. The van der Waals surface area contributed by atoms with Crippen molar-refractivity contribution in [3.63, 3.8) is 0 Å². The van der Waals surface area contributed by atoms with Gasteiger partial charge in [0.2, 0.25) is 0 Å². The number of nitrogens with one attached hydrogen (secondary N) is 1.